The fraction of sp³-hybridized carbons (Fsp3) is 0.429. The number of ether oxygens (including phenoxy) is 1. The van der Waals surface area contributed by atoms with Crippen molar-refractivity contribution in [2.75, 3.05) is 18.4 Å². The van der Waals surface area contributed by atoms with Crippen molar-refractivity contribution in [2.45, 2.75) is 26.1 Å². The molecular weight excluding hydrogens is 284 g/mol. The Bertz CT molecular complexity index is 617. The minimum Gasteiger partial charge on any atom is -0.372 e. The summed E-state index contributed by atoms with van der Waals surface area (Å²) in [6.07, 6.45) is 1.62. The van der Waals surface area contributed by atoms with Gasteiger partial charge in [-0.2, -0.15) is 0 Å². The van der Waals surface area contributed by atoms with Crippen molar-refractivity contribution < 1.29 is 9.53 Å². The Kier molecular flexibility index (Phi) is 4.01. The highest BCUT2D eigenvalue weighted by Crippen LogP contribution is 2.15. The van der Waals surface area contributed by atoms with Gasteiger partial charge in [0.1, 0.15) is 6.33 Å². The van der Waals surface area contributed by atoms with Crippen LogP contribution in [0.1, 0.15) is 13.8 Å². The summed E-state index contributed by atoms with van der Waals surface area (Å²) in [4.78, 5) is 14.1. The smallest absolute Gasteiger partial charge is 0.322 e. The van der Waals surface area contributed by atoms with Gasteiger partial charge in [-0.05, 0) is 48.5 Å². The second kappa shape index (κ2) is 6.10. The van der Waals surface area contributed by atoms with E-state index in [2.05, 4.69) is 20.8 Å². The van der Waals surface area contributed by atoms with Gasteiger partial charge >= 0.3 is 6.03 Å². The van der Waals surface area contributed by atoms with Crippen LogP contribution < -0.4 is 5.32 Å². The minimum absolute atomic E-state index is 0.0525. The summed E-state index contributed by atoms with van der Waals surface area (Å²) in [6.45, 7) is 5.13. The molecule has 0 radical (unpaired) electrons. The normalized spacial score (nSPS) is 21.6. The van der Waals surface area contributed by atoms with Gasteiger partial charge in [-0.15, -0.1) is 5.10 Å². The molecule has 0 bridgehead atoms. The summed E-state index contributed by atoms with van der Waals surface area (Å²) in [5, 5.41) is 13.9. The van der Waals surface area contributed by atoms with E-state index < -0.39 is 0 Å². The van der Waals surface area contributed by atoms with Crippen LogP contribution in [0.3, 0.4) is 0 Å². The highest BCUT2D eigenvalue weighted by molar-refractivity contribution is 5.89. The maximum atomic E-state index is 12.3. The van der Waals surface area contributed by atoms with Crippen LogP contribution in [-0.4, -0.2) is 56.4 Å². The Morgan fingerprint density at radius 3 is 2.50 bits per heavy atom. The lowest BCUT2D eigenvalue weighted by Gasteiger charge is -2.35. The van der Waals surface area contributed by atoms with E-state index >= 15 is 0 Å². The van der Waals surface area contributed by atoms with Gasteiger partial charge in [0, 0.05) is 18.8 Å². The number of benzene rings is 1. The number of anilines is 1. The molecule has 2 aromatic rings. The second-order valence-corrected chi connectivity index (χ2v) is 5.39. The van der Waals surface area contributed by atoms with Crippen molar-refractivity contribution in [2.24, 2.45) is 0 Å². The standard InChI is InChI=1S/C14H18N6O2/c1-10-7-19(8-11(2)22-10)14(21)16-12-3-5-13(6-4-12)20-9-15-17-18-20/h3-6,9-11H,7-8H2,1-2H3,(H,16,21)/t10-,11+. The number of carbonyl (C=O) groups is 1. The van der Waals surface area contributed by atoms with Gasteiger partial charge in [0.05, 0.1) is 17.9 Å². The lowest BCUT2D eigenvalue weighted by Crippen LogP contribution is -2.49. The number of morpholine rings is 1. The summed E-state index contributed by atoms with van der Waals surface area (Å²) in [6, 6.07) is 7.22. The number of aromatic nitrogens is 4. The molecule has 1 aliphatic heterocycles. The molecule has 1 aliphatic rings. The zero-order valence-electron chi connectivity index (χ0n) is 12.5. The number of carbonyl (C=O) groups excluding carboxylic acids is 1. The van der Waals surface area contributed by atoms with E-state index in [0.29, 0.717) is 13.1 Å². The molecule has 2 atom stereocenters. The summed E-state index contributed by atoms with van der Waals surface area (Å²) < 4.78 is 7.18. The van der Waals surface area contributed by atoms with Gasteiger partial charge in [0.25, 0.3) is 0 Å². The highest BCUT2D eigenvalue weighted by Gasteiger charge is 2.25. The van der Waals surface area contributed by atoms with E-state index in [4.69, 9.17) is 4.74 Å². The predicted molar refractivity (Wildman–Crippen MR) is 79.8 cm³/mol. The first kappa shape index (κ1) is 14.5. The molecule has 22 heavy (non-hydrogen) atoms. The number of urea groups is 1. The van der Waals surface area contributed by atoms with Gasteiger partial charge in [0.15, 0.2) is 0 Å². The molecule has 1 fully saturated rings. The minimum atomic E-state index is -0.114. The molecule has 0 aliphatic carbocycles. The Morgan fingerprint density at radius 1 is 1.23 bits per heavy atom. The molecule has 1 aromatic carbocycles. The van der Waals surface area contributed by atoms with E-state index in [9.17, 15) is 4.79 Å². The quantitative estimate of drug-likeness (QED) is 0.904. The molecule has 0 spiro atoms. The Hall–Kier alpha value is -2.48. The van der Waals surface area contributed by atoms with Crippen molar-refractivity contribution in [1.29, 1.82) is 0 Å². The van der Waals surface area contributed by atoms with E-state index in [1.807, 2.05) is 38.1 Å². The Balaban J connectivity index is 1.64. The second-order valence-electron chi connectivity index (χ2n) is 5.39. The number of amides is 2. The number of tetrazole rings is 1. The first-order chi connectivity index (χ1) is 10.6. The molecule has 2 heterocycles. The molecule has 1 saturated heterocycles. The summed E-state index contributed by atoms with van der Waals surface area (Å²) in [7, 11) is 0. The Morgan fingerprint density at radius 2 is 1.91 bits per heavy atom. The molecule has 8 heteroatoms. The van der Waals surface area contributed by atoms with Crippen LogP contribution in [0, 0.1) is 0 Å². The van der Waals surface area contributed by atoms with Gasteiger partial charge in [-0.1, -0.05) is 0 Å². The van der Waals surface area contributed by atoms with Crippen LogP contribution >= 0.6 is 0 Å². The van der Waals surface area contributed by atoms with Crippen LogP contribution in [0.2, 0.25) is 0 Å². The summed E-state index contributed by atoms with van der Waals surface area (Å²) >= 11 is 0. The number of rotatable bonds is 2. The molecular formula is C14H18N6O2. The molecule has 2 amide bonds. The lowest BCUT2D eigenvalue weighted by atomic mass is 10.2. The van der Waals surface area contributed by atoms with Crippen molar-refractivity contribution in [3.63, 3.8) is 0 Å². The number of nitrogens with one attached hydrogen (secondary N) is 1. The van der Waals surface area contributed by atoms with E-state index in [1.165, 1.54) is 6.33 Å². The molecule has 0 saturated carbocycles. The molecule has 8 nitrogen and oxygen atoms in total. The predicted octanol–water partition coefficient (Wildman–Crippen LogP) is 1.30. The molecule has 1 aromatic heterocycles. The van der Waals surface area contributed by atoms with Crippen LogP contribution in [0.5, 0.6) is 0 Å². The maximum Gasteiger partial charge on any atom is 0.322 e. The molecule has 1 N–H and O–H groups in total. The maximum absolute atomic E-state index is 12.3. The van der Waals surface area contributed by atoms with Gasteiger partial charge in [-0.25, -0.2) is 9.48 Å². The van der Waals surface area contributed by atoms with Crippen molar-refractivity contribution in [3.8, 4) is 5.69 Å². The third-order valence-electron chi connectivity index (χ3n) is 3.44. The van der Waals surface area contributed by atoms with Crippen LogP contribution in [-0.2, 0) is 4.74 Å². The van der Waals surface area contributed by atoms with Crippen LogP contribution in [0.15, 0.2) is 30.6 Å². The number of hydrogen-bond donors (Lipinski definition) is 1. The number of hydrogen-bond acceptors (Lipinski definition) is 5. The average Bonchev–Trinajstić information content (AvgIpc) is 3.01. The fourth-order valence-corrected chi connectivity index (χ4v) is 2.52. The zero-order chi connectivity index (χ0) is 15.5. The van der Waals surface area contributed by atoms with E-state index in [-0.39, 0.29) is 18.2 Å². The average molecular weight is 302 g/mol. The number of nitrogens with zero attached hydrogens (tertiary/aromatic N) is 5. The molecule has 3 rings (SSSR count). The van der Waals surface area contributed by atoms with Crippen molar-refractivity contribution in [1.82, 2.24) is 25.1 Å². The first-order valence-electron chi connectivity index (χ1n) is 7.16. The topological polar surface area (TPSA) is 85.2 Å². The highest BCUT2D eigenvalue weighted by atomic mass is 16.5. The third-order valence-corrected chi connectivity index (χ3v) is 3.44. The molecule has 0 unspecified atom stereocenters. The van der Waals surface area contributed by atoms with Crippen LogP contribution in [0.4, 0.5) is 10.5 Å². The van der Waals surface area contributed by atoms with Gasteiger partial charge in [0.2, 0.25) is 0 Å². The summed E-state index contributed by atoms with van der Waals surface area (Å²) in [5.41, 5.74) is 1.56. The summed E-state index contributed by atoms with van der Waals surface area (Å²) in [5.74, 6) is 0. The van der Waals surface area contributed by atoms with Crippen molar-refractivity contribution in [3.05, 3.63) is 30.6 Å². The fourth-order valence-electron chi connectivity index (χ4n) is 2.52. The van der Waals surface area contributed by atoms with E-state index in [1.54, 1.807) is 9.58 Å². The Labute approximate surface area is 128 Å². The largest absolute Gasteiger partial charge is 0.372 e. The van der Waals surface area contributed by atoms with Gasteiger partial charge in [-0.3, -0.25) is 0 Å². The first-order valence-corrected chi connectivity index (χ1v) is 7.16. The van der Waals surface area contributed by atoms with Crippen LogP contribution in [0.25, 0.3) is 5.69 Å². The van der Waals surface area contributed by atoms with E-state index in [0.717, 1.165) is 11.4 Å². The lowest BCUT2D eigenvalue weighted by molar-refractivity contribution is -0.0530. The monoisotopic (exact) mass is 302 g/mol. The SMILES string of the molecule is C[C@@H]1CN(C(=O)Nc2ccc(-n3cnnn3)cc2)C[C@H](C)O1. The third kappa shape index (κ3) is 3.22. The van der Waals surface area contributed by atoms with Crippen molar-refractivity contribution >= 4 is 11.7 Å². The zero-order valence-corrected chi connectivity index (χ0v) is 12.5. The molecule has 116 valence electrons. The van der Waals surface area contributed by atoms with Gasteiger partial charge < -0.3 is 15.0 Å².